The Hall–Kier alpha value is -6.35. The van der Waals surface area contributed by atoms with Gasteiger partial charge in [-0.15, -0.1) is 12.4 Å². The lowest BCUT2D eigenvalue weighted by molar-refractivity contribution is 0.0682. The molecule has 2 amide bonds. The van der Waals surface area contributed by atoms with Gasteiger partial charge in [-0.1, -0.05) is 84.9 Å². The second-order valence-electron chi connectivity index (χ2n) is 16.0. The summed E-state index contributed by atoms with van der Waals surface area (Å²) in [6.07, 6.45) is 3.06. The average molecular weight is 905 g/mol. The predicted molar refractivity (Wildman–Crippen MR) is 251 cm³/mol. The molecule has 340 valence electrons. The normalized spacial score (nSPS) is 13.7. The Bertz CT molecular complexity index is 2320. The molecule has 0 atom stereocenters. The van der Waals surface area contributed by atoms with Crippen molar-refractivity contribution in [1.29, 1.82) is 0 Å². The highest BCUT2D eigenvalue weighted by atomic mass is 35.5. The first-order valence-electron chi connectivity index (χ1n) is 21.7. The quantitative estimate of drug-likeness (QED) is 0.118. The summed E-state index contributed by atoms with van der Waals surface area (Å²) in [5.41, 5.74) is 3.81. The van der Waals surface area contributed by atoms with Crippen LogP contribution in [0.1, 0.15) is 59.5 Å². The number of carbonyl (C=O) groups is 2. The molecule has 0 spiro atoms. The highest BCUT2D eigenvalue weighted by molar-refractivity contribution is 6.01. The van der Waals surface area contributed by atoms with Crippen LogP contribution in [0.15, 0.2) is 122 Å². The first kappa shape index (κ1) is 48.1. The van der Waals surface area contributed by atoms with Crippen molar-refractivity contribution in [3.05, 3.63) is 155 Å². The number of morpholine rings is 2. The van der Waals surface area contributed by atoms with E-state index in [9.17, 15) is 18.4 Å². The van der Waals surface area contributed by atoms with Crippen LogP contribution in [-0.2, 0) is 22.6 Å². The van der Waals surface area contributed by atoms with Gasteiger partial charge in [0, 0.05) is 74.9 Å². The number of aromatic nitrogens is 4. The summed E-state index contributed by atoms with van der Waals surface area (Å²) in [6, 6.07) is 32.3. The molecule has 0 bridgehead atoms. The van der Waals surface area contributed by atoms with E-state index >= 15 is 0 Å². The topological polar surface area (TPSA) is 117 Å². The number of hydrogen-bond donors (Lipinski definition) is 0. The molecule has 4 aromatic carbocycles. The molecule has 15 heteroatoms. The minimum absolute atomic E-state index is 0. The monoisotopic (exact) mass is 904 g/mol. The Morgan fingerprint density at radius 2 is 0.892 bits per heavy atom. The van der Waals surface area contributed by atoms with Gasteiger partial charge in [-0.2, -0.15) is 0 Å². The molecule has 0 radical (unpaired) electrons. The Labute approximate surface area is 385 Å². The molecule has 0 saturated carbocycles. The molecule has 65 heavy (non-hydrogen) atoms. The molecule has 2 saturated heterocycles. The molecule has 6 aromatic rings. The molecular weight excluding hydrogens is 850 g/mol. The molecule has 0 aliphatic carbocycles. The van der Waals surface area contributed by atoms with Crippen LogP contribution in [-0.4, -0.2) is 106 Å². The van der Waals surface area contributed by atoms with Crippen molar-refractivity contribution in [2.75, 3.05) is 62.4 Å². The van der Waals surface area contributed by atoms with Gasteiger partial charge in [0.05, 0.1) is 48.9 Å². The zero-order valence-corrected chi connectivity index (χ0v) is 38.0. The number of hydrogen-bond acceptors (Lipinski definition) is 10. The van der Waals surface area contributed by atoms with Gasteiger partial charge >= 0.3 is 0 Å². The van der Waals surface area contributed by atoms with E-state index in [1.54, 1.807) is 46.2 Å². The molecular formula is C50H55ClF2N8O4. The number of rotatable bonds is 12. The average Bonchev–Trinajstić information content (AvgIpc) is 3.33. The lowest BCUT2D eigenvalue weighted by Gasteiger charge is -2.29. The van der Waals surface area contributed by atoms with E-state index in [0.29, 0.717) is 89.0 Å². The summed E-state index contributed by atoms with van der Waals surface area (Å²) in [5.74, 6) is -0.351. The van der Waals surface area contributed by atoms with Gasteiger partial charge in [-0.05, 0) is 63.1 Å². The van der Waals surface area contributed by atoms with Gasteiger partial charge in [0.1, 0.15) is 11.6 Å². The van der Waals surface area contributed by atoms with Crippen molar-refractivity contribution in [3.63, 3.8) is 0 Å². The number of benzene rings is 4. The highest BCUT2D eigenvalue weighted by Gasteiger charge is 2.28. The first-order valence-corrected chi connectivity index (χ1v) is 21.7. The number of ether oxygens (including phenoxy) is 2. The van der Waals surface area contributed by atoms with Crippen molar-refractivity contribution in [2.45, 2.75) is 52.9 Å². The third kappa shape index (κ3) is 12.1. The van der Waals surface area contributed by atoms with Crippen LogP contribution in [0, 0.1) is 11.6 Å². The van der Waals surface area contributed by atoms with Crippen molar-refractivity contribution < 1.29 is 27.8 Å². The number of nitrogens with zero attached hydrogens (tertiary/aromatic N) is 8. The minimum Gasteiger partial charge on any atom is -0.378 e. The summed E-state index contributed by atoms with van der Waals surface area (Å²) in [5, 5.41) is 0. The lowest BCUT2D eigenvalue weighted by atomic mass is 10.0. The molecule has 2 aliphatic heterocycles. The predicted octanol–water partition coefficient (Wildman–Crippen LogP) is 8.76. The van der Waals surface area contributed by atoms with Crippen molar-refractivity contribution in [1.82, 2.24) is 29.7 Å². The number of halogens is 3. The van der Waals surface area contributed by atoms with Crippen molar-refractivity contribution in [2.24, 2.45) is 0 Å². The van der Waals surface area contributed by atoms with Gasteiger partial charge in [-0.25, -0.2) is 28.7 Å². The van der Waals surface area contributed by atoms with E-state index in [1.165, 1.54) is 24.5 Å². The zero-order chi connectivity index (χ0) is 45.0. The van der Waals surface area contributed by atoms with Crippen molar-refractivity contribution in [3.8, 4) is 22.5 Å². The largest absolute Gasteiger partial charge is 0.378 e. The summed E-state index contributed by atoms with van der Waals surface area (Å²) in [7, 11) is 0. The number of carbonyl (C=O) groups excluding carboxylic acids is 2. The third-order valence-electron chi connectivity index (χ3n) is 11.0. The smallest absolute Gasteiger partial charge is 0.258 e. The van der Waals surface area contributed by atoms with Gasteiger partial charge in [0.25, 0.3) is 11.8 Å². The fourth-order valence-corrected chi connectivity index (χ4v) is 7.45. The Morgan fingerprint density at radius 1 is 0.554 bits per heavy atom. The third-order valence-corrected chi connectivity index (χ3v) is 11.0. The molecule has 0 unspecified atom stereocenters. The standard InChI is InChI=1S/2C25H27FN4O2.ClH/c2*1-18(2)30(17-19-8-4-3-5-9-19)24(31)21-16-27-25(29-12-14-32-15-13-29)28-23(21)20-10-6-7-11-22(20)26;/h2*3-11,16,18H,12-15,17H2,1-2H3;1H. The highest BCUT2D eigenvalue weighted by Crippen LogP contribution is 2.30. The van der Waals surface area contributed by atoms with E-state index in [0.717, 1.165) is 11.1 Å². The van der Waals surface area contributed by atoms with Crippen LogP contribution in [0.3, 0.4) is 0 Å². The van der Waals surface area contributed by atoms with Gasteiger partial charge in [0.2, 0.25) is 11.9 Å². The Kier molecular flexibility index (Phi) is 17.0. The zero-order valence-electron chi connectivity index (χ0n) is 37.1. The van der Waals surface area contributed by atoms with E-state index in [2.05, 4.69) is 19.9 Å². The fraction of sp³-hybridized carbons (Fsp3) is 0.320. The van der Waals surface area contributed by atoms with Crippen LogP contribution in [0.25, 0.3) is 22.5 Å². The van der Waals surface area contributed by atoms with Crippen LogP contribution in [0.2, 0.25) is 0 Å². The van der Waals surface area contributed by atoms with Crippen LogP contribution >= 0.6 is 12.4 Å². The molecule has 4 heterocycles. The maximum absolute atomic E-state index is 14.8. The summed E-state index contributed by atoms with van der Waals surface area (Å²) in [6.45, 7) is 13.7. The molecule has 12 nitrogen and oxygen atoms in total. The summed E-state index contributed by atoms with van der Waals surface area (Å²) in [4.78, 5) is 53.1. The van der Waals surface area contributed by atoms with E-state index < -0.39 is 11.6 Å². The number of amides is 2. The Morgan fingerprint density at radius 3 is 1.23 bits per heavy atom. The molecule has 2 aliphatic rings. The van der Waals surface area contributed by atoms with E-state index in [4.69, 9.17) is 9.47 Å². The fourth-order valence-electron chi connectivity index (χ4n) is 7.45. The molecule has 8 rings (SSSR count). The van der Waals surface area contributed by atoms with Crippen LogP contribution in [0.4, 0.5) is 20.7 Å². The first-order chi connectivity index (χ1) is 31.1. The van der Waals surface area contributed by atoms with Gasteiger partial charge < -0.3 is 29.1 Å². The molecule has 0 N–H and O–H groups in total. The van der Waals surface area contributed by atoms with E-state index in [-0.39, 0.29) is 58.6 Å². The van der Waals surface area contributed by atoms with Crippen LogP contribution in [0.5, 0.6) is 0 Å². The van der Waals surface area contributed by atoms with Gasteiger partial charge in [0.15, 0.2) is 0 Å². The second-order valence-corrected chi connectivity index (χ2v) is 16.0. The Balaban J connectivity index is 0.000000212. The maximum atomic E-state index is 14.8. The minimum atomic E-state index is -0.424. The number of anilines is 2. The maximum Gasteiger partial charge on any atom is 0.258 e. The lowest BCUT2D eigenvalue weighted by Crippen LogP contribution is -2.38. The van der Waals surface area contributed by atoms with Crippen LogP contribution < -0.4 is 9.80 Å². The van der Waals surface area contributed by atoms with Crippen molar-refractivity contribution >= 4 is 36.1 Å². The van der Waals surface area contributed by atoms with E-state index in [1.807, 2.05) is 98.2 Å². The second kappa shape index (κ2) is 23.0. The molecule has 2 aromatic heterocycles. The molecule has 2 fully saturated rings. The summed E-state index contributed by atoms with van der Waals surface area (Å²) < 4.78 is 40.4. The summed E-state index contributed by atoms with van der Waals surface area (Å²) >= 11 is 0. The SMILES string of the molecule is CC(C)N(Cc1ccccc1)C(=O)c1cnc(N2CCOCC2)nc1-c1ccccc1F.CC(C)N(Cc1ccccc1)C(=O)c1cnc(N2CCOCC2)nc1-c1ccccc1F.Cl. The van der Waals surface area contributed by atoms with Gasteiger partial charge in [-0.3, -0.25) is 9.59 Å².